The second-order valence-electron chi connectivity index (χ2n) is 5.07. The van der Waals surface area contributed by atoms with Crippen LogP contribution in [-0.4, -0.2) is 31.3 Å². The van der Waals surface area contributed by atoms with Gasteiger partial charge in [-0.1, -0.05) is 34.8 Å². The van der Waals surface area contributed by atoms with Crippen LogP contribution in [0.3, 0.4) is 0 Å². The van der Waals surface area contributed by atoms with E-state index in [1.54, 1.807) is 6.92 Å². The molecule has 0 saturated heterocycles. The van der Waals surface area contributed by atoms with Gasteiger partial charge >= 0.3 is 11.9 Å². The molecule has 0 aliphatic rings. The molecule has 1 heterocycles. The number of hydrogen-bond donors (Lipinski definition) is 2. The molecule has 0 fully saturated rings. The van der Waals surface area contributed by atoms with E-state index >= 15 is 0 Å². The Hall–Kier alpha value is -1.58. The highest BCUT2D eigenvalue weighted by Gasteiger charge is 2.26. The molecule has 0 spiro atoms. The monoisotopic (exact) mass is 466 g/mol. The maximum Gasteiger partial charge on any atom is 0.348 e. The predicted molar refractivity (Wildman–Crippen MR) is 113 cm³/mol. The summed E-state index contributed by atoms with van der Waals surface area (Å²) in [4.78, 5) is 24.3. The van der Waals surface area contributed by atoms with E-state index in [-0.39, 0.29) is 15.6 Å². The lowest BCUT2D eigenvalue weighted by Gasteiger charge is -2.12. The molecule has 0 bridgehead atoms. The van der Waals surface area contributed by atoms with Gasteiger partial charge in [-0.3, -0.25) is 0 Å². The van der Waals surface area contributed by atoms with Crippen LogP contribution >= 0.6 is 58.4 Å². The van der Waals surface area contributed by atoms with Gasteiger partial charge in [-0.25, -0.2) is 9.59 Å². The molecule has 1 aromatic carbocycles. The SMILES string of the molecule is COC(=O)c1sc(NC(=S)Nc2cc(Cl)c(Cl)cc2Cl)c(C(=O)OC)c1C. The van der Waals surface area contributed by atoms with Crippen molar-refractivity contribution >= 4 is 86.1 Å². The van der Waals surface area contributed by atoms with Crippen molar-refractivity contribution < 1.29 is 19.1 Å². The molecule has 2 N–H and O–H groups in total. The Morgan fingerprint density at radius 3 is 2.19 bits per heavy atom. The summed E-state index contributed by atoms with van der Waals surface area (Å²) < 4.78 is 9.53. The Kier molecular flexibility index (Phi) is 7.30. The Labute approximate surface area is 179 Å². The van der Waals surface area contributed by atoms with E-state index in [1.807, 2.05) is 0 Å². The number of benzene rings is 1. The van der Waals surface area contributed by atoms with Crippen molar-refractivity contribution in [2.45, 2.75) is 6.92 Å². The summed E-state index contributed by atoms with van der Waals surface area (Å²) >= 11 is 24.3. The van der Waals surface area contributed by atoms with Crippen molar-refractivity contribution in [1.82, 2.24) is 0 Å². The van der Waals surface area contributed by atoms with Gasteiger partial charge in [-0.2, -0.15) is 0 Å². The van der Waals surface area contributed by atoms with Gasteiger partial charge < -0.3 is 20.1 Å². The van der Waals surface area contributed by atoms with Gasteiger partial charge in [-0.05, 0) is 36.8 Å². The molecule has 2 rings (SSSR count). The van der Waals surface area contributed by atoms with Crippen LogP contribution in [0.25, 0.3) is 0 Å². The lowest BCUT2D eigenvalue weighted by atomic mass is 10.1. The van der Waals surface area contributed by atoms with Gasteiger partial charge in [0.05, 0.1) is 40.5 Å². The third-order valence-electron chi connectivity index (χ3n) is 3.39. The third kappa shape index (κ3) is 4.83. The lowest BCUT2D eigenvalue weighted by Crippen LogP contribution is -2.20. The highest BCUT2D eigenvalue weighted by molar-refractivity contribution is 7.80. The molecule has 0 radical (unpaired) electrons. The molecule has 144 valence electrons. The van der Waals surface area contributed by atoms with E-state index in [0.29, 0.717) is 31.3 Å². The van der Waals surface area contributed by atoms with E-state index in [2.05, 4.69) is 10.6 Å². The first-order chi connectivity index (χ1) is 12.7. The molecule has 0 atom stereocenters. The summed E-state index contributed by atoms with van der Waals surface area (Å²) in [6.07, 6.45) is 0. The Balaban J connectivity index is 2.33. The first-order valence-corrected chi connectivity index (χ1v) is 9.58. The van der Waals surface area contributed by atoms with Crippen molar-refractivity contribution in [2.75, 3.05) is 24.9 Å². The zero-order chi connectivity index (χ0) is 20.3. The summed E-state index contributed by atoms with van der Waals surface area (Å²) in [5, 5.41) is 7.09. The van der Waals surface area contributed by atoms with Gasteiger partial charge in [0.15, 0.2) is 5.11 Å². The number of thiocarbonyl (C=S) groups is 1. The minimum absolute atomic E-state index is 0.123. The molecular formula is C16H13Cl3N2O4S2. The predicted octanol–water partition coefficient (Wildman–Crippen LogP) is 5.40. The van der Waals surface area contributed by atoms with Crippen LogP contribution in [0, 0.1) is 6.92 Å². The minimum atomic E-state index is -0.614. The number of carbonyl (C=O) groups is 2. The number of ether oxygens (including phenoxy) is 2. The van der Waals surface area contributed by atoms with E-state index in [1.165, 1.54) is 26.4 Å². The quantitative estimate of drug-likeness (QED) is 0.354. The summed E-state index contributed by atoms with van der Waals surface area (Å²) in [5.41, 5.74) is 1.04. The molecule has 0 saturated carbocycles. The Morgan fingerprint density at radius 2 is 1.59 bits per heavy atom. The van der Waals surface area contributed by atoms with Crippen LogP contribution in [0.1, 0.15) is 25.6 Å². The average molecular weight is 468 g/mol. The first kappa shape index (κ1) is 21.7. The number of thiophene rings is 1. The zero-order valence-corrected chi connectivity index (χ0v) is 18.1. The van der Waals surface area contributed by atoms with Crippen LogP contribution in [0.4, 0.5) is 10.7 Å². The second-order valence-corrected chi connectivity index (χ2v) is 7.72. The normalized spacial score (nSPS) is 10.3. The summed E-state index contributed by atoms with van der Waals surface area (Å²) in [6.45, 7) is 1.62. The molecule has 0 aliphatic heterocycles. The number of anilines is 2. The lowest BCUT2D eigenvalue weighted by molar-refractivity contribution is 0.0601. The van der Waals surface area contributed by atoms with Crippen molar-refractivity contribution in [3.8, 4) is 0 Å². The van der Waals surface area contributed by atoms with Gasteiger partial charge in [0.2, 0.25) is 0 Å². The van der Waals surface area contributed by atoms with Crippen molar-refractivity contribution in [3.05, 3.63) is 43.2 Å². The van der Waals surface area contributed by atoms with Crippen molar-refractivity contribution in [3.63, 3.8) is 0 Å². The summed E-state index contributed by atoms with van der Waals surface area (Å²) in [6, 6.07) is 2.99. The molecule has 0 unspecified atom stereocenters. The molecule has 1 aromatic heterocycles. The van der Waals surface area contributed by atoms with Gasteiger partial charge in [0.1, 0.15) is 9.88 Å². The fourth-order valence-electron chi connectivity index (χ4n) is 2.11. The van der Waals surface area contributed by atoms with E-state index in [9.17, 15) is 9.59 Å². The van der Waals surface area contributed by atoms with Crippen LogP contribution in [0.15, 0.2) is 12.1 Å². The van der Waals surface area contributed by atoms with Gasteiger partial charge in [0, 0.05) is 0 Å². The number of halogens is 3. The number of methoxy groups -OCH3 is 2. The van der Waals surface area contributed by atoms with Crippen LogP contribution in [0.5, 0.6) is 0 Å². The molecule has 27 heavy (non-hydrogen) atoms. The highest BCUT2D eigenvalue weighted by atomic mass is 35.5. The largest absolute Gasteiger partial charge is 0.465 e. The second kappa shape index (κ2) is 9.07. The number of hydrogen-bond acceptors (Lipinski definition) is 6. The maximum absolute atomic E-state index is 12.1. The molecule has 11 heteroatoms. The van der Waals surface area contributed by atoms with Crippen molar-refractivity contribution in [2.24, 2.45) is 0 Å². The maximum atomic E-state index is 12.1. The number of nitrogens with one attached hydrogen (secondary N) is 2. The first-order valence-electron chi connectivity index (χ1n) is 7.22. The van der Waals surface area contributed by atoms with Crippen LogP contribution in [0.2, 0.25) is 15.1 Å². The minimum Gasteiger partial charge on any atom is -0.465 e. The average Bonchev–Trinajstić information content (AvgIpc) is 2.94. The van der Waals surface area contributed by atoms with Gasteiger partial charge in [-0.15, -0.1) is 11.3 Å². The molecule has 0 amide bonds. The Bertz CT molecular complexity index is 931. The number of carbonyl (C=O) groups excluding carboxylic acids is 2. The fraction of sp³-hybridized carbons (Fsp3) is 0.188. The topological polar surface area (TPSA) is 76.7 Å². The van der Waals surface area contributed by atoms with Crippen molar-refractivity contribution in [1.29, 1.82) is 0 Å². The van der Waals surface area contributed by atoms with Crippen LogP contribution in [-0.2, 0) is 9.47 Å². The highest BCUT2D eigenvalue weighted by Crippen LogP contribution is 2.35. The standard InChI is InChI=1S/C16H13Cl3N2O4S2/c1-6-11(14(22)24-2)13(27-12(6)15(23)25-3)21-16(26)20-10-5-8(18)7(17)4-9(10)19/h4-5H,1-3H3,(H2,20,21,26). The van der Waals surface area contributed by atoms with E-state index in [4.69, 9.17) is 56.5 Å². The zero-order valence-electron chi connectivity index (χ0n) is 14.2. The van der Waals surface area contributed by atoms with E-state index < -0.39 is 11.9 Å². The molecule has 0 aliphatic carbocycles. The van der Waals surface area contributed by atoms with E-state index in [0.717, 1.165) is 11.3 Å². The number of esters is 2. The molecule has 6 nitrogen and oxygen atoms in total. The fourth-order valence-corrected chi connectivity index (χ4v) is 4.10. The summed E-state index contributed by atoms with van der Waals surface area (Å²) in [7, 11) is 2.50. The Morgan fingerprint density at radius 1 is 1.00 bits per heavy atom. The molecule has 2 aromatic rings. The third-order valence-corrected chi connectivity index (χ3v) is 5.82. The van der Waals surface area contributed by atoms with Crippen LogP contribution < -0.4 is 10.6 Å². The molecular weight excluding hydrogens is 455 g/mol. The van der Waals surface area contributed by atoms with Gasteiger partial charge in [0.25, 0.3) is 0 Å². The number of rotatable bonds is 4. The summed E-state index contributed by atoms with van der Waals surface area (Å²) in [5.74, 6) is -1.18. The smallest absolute Gasteiger partial charge is 0.348 e.